The van der Waals surface area contributed by atoms with Crippen LogP contribution in [0, 0.1) is 11.6 Å². The Balaban J connectivity index is 2.77. The van der Waals surface area contributed by atoms with Crippen LogP contribution in [0.4, 0.5) is 8.78 Å². The summed E-state index contributed by atoms with van der Waals surface area (Å²) < 4.78 is 26.5. The third-order valence-corrected chi connectivity index (χ3v) is 3.34. The second kappa shape index (κ2) is 5.47. The summed E-state index contributed by atoms with van der Waals surface area (Å²) in [5.74, 6) is -0.525. The second-order valence-corrected chi connectivity index (χ2v) is 6.35. The lowest BCUT2D eigenvalue weighted by molar-refractivity contribution is 0.165. The van der Waals surface area contributed by atoms with Crippen LogP contribution < -0.4 is 0 Å². The van der Waals surface area contributed by atoms with Crippen molar-refractivity contribution in [3.8, 4) is 0 Å². The minimum atomic E-state index is -1.03. The molecule has 0 saturated carbocycles. The molecule has 0 saturated heterocycles. The minimum absolute atomic E-state index is 0.148. The lowest BCUT2D eigenvalue weighted by atomic mass is 10.1. The van der Waals surface area contributed by atoms with Gasteiger partial charge in [-0.25, -0.2) is 8.78 Å². The fourth-order valence-corrected chi connectivity index (χ4v) is 2.11. The molecule has 0 spiro atoms. The average Bonchev–Trinajstić information content (AvgIpc) is 2.14. The lowest BCUT2D eigenvalue weighted by Gasteiger charge is -2.15. The molecule has 1 nitrogen and oxygen atoms in total. The van der Waals surface area contributed by atoms with Gasteiger partial charge in [0, 0.05) is 0 Å². The summed E-state index contributed by atoms with van der Waals surface area (Å²) in [7, 11) is -0.148. The van der Waals surface area contributed by atoms with Crippen LogP contribution in [0.5, 0.6) is 0 Å². The number of thiol groups is 1. The molecule has 1 aromatic rings. The third kappa shape index (κ3) is 3.47. The summed E-state index contributed by atoms with van der Waals surface area (Å²) in [6.07, 6.45) is 3.52. The molecule has 1 atom stereocenters. The van der Waals surface area contributed by atoms with Gasteiger partial charge in [0.25, 0.3) is 0 Å². The number of aliphatic hydroxyl groups excluding tert-OH is 1. The average molecular weight is 234 g/mol. The summed E-state index contributed by atoms with van der Waals surface area (Å²) >= 11 is 0. The molecule has 0 fully saturated rings. The molecule has 1 aromatic carbocycles. The number of hydrogen-bond donors (Lipinski definition) is 2. The normalized spacial score (nSPS) is 13.8. The highest BCUT2D eigenvalue weighted by Crippen LogP contribution is 2.26. The second-order valence-electron chi connectivity index (χ2n) is 3.74. The minimum Gasteiger partial charge on any atom is -0.388 e. The molecule has 15 heavy (non-hydrogen) atoms. The Morgan fingerprint density at radius 2 is 1.80 bits per heavy atom. The maximum absolute atomic E-state index is 13.2. The highest BCUT2D eigenvalue weighted by molar-refractivity contribution is 8.15. The van der Waals surface area contributed by atoms with Gasteiger partial charge in [0.2, 0.25) is 0 Å². The quantitative estimate of drug-likeness (QED) is 0.767. The van der Waals surface area contributed by atoms with E-state index in [-0.39, 0.29) is 16.5 Å². The summed E-state index contributed by atoms with van der Waals surface area (Å²) in [5, 5.41) is 9.66. The number of halogens is 2. The molecule has 0 aliphatic rings. The van der Waals surface area contributed by atoms with Crippen molar-refractivity contribution in [3.05, 3.63) is 35.4 Å². The van der Waals surface area contributed by atoms with E-state index in [0.717, 1.165) is 5.75 Å². The van der Waals surface area contributed by atoms with Gasteiger partial charge in [0.1, 0.15) is 11.6 Å². The standard InChI is InChI=1S/C11H16F2OS/c1-15(2)7-6-10(14)11-8(12)4-3-5-9(11)13/h3-5,10,14-15H,6-7H2,1-2H3. The van der Waals surface area contributed by atoms with Crippen molar-refractivity contribution in [2.45, 2.75) is 12.5 Å². The zero-order valence-electron chi connectivity index (χ0n) is 8.87. The van der Waals surface area contributed by atoms with Crippen LogP contribution in [0.15, 0.2) is 18.2 Å². The molecule has 0 aliphatic carbocycles. The summed E-state index contributed by atoms with van der Waals surface area (Å²) in [6, 6.07) is 3.64. The molecule has 1 unspecified atom stereocenters. The molecular formula is C11H16F2OS. The fourth-order valence-electron chi connectivity index (χ4n) is 1.35. The molecule has 1 rings (SSSR count). The molecule has 0 heterocycles. The number of aliphatic hydroxyl groups is 1. The van der Waals surface area contributed by atoms with E-state index in [4.69, 9.17) is 0 Å². The maximum Gasteiger partial charge on any atom is 0.131 e. The molecule has 0 amide bonds. The van der Waals surface area contributed by atoms with Crippen LogP contribution in [-0.4, -0.2) is 23.4 Å². The molecule has 0 aromatic heterocycles. The molecule has 0 bridgehead atoms. The van der Waals surface area contributed by atoms with Crippen LogP contribution in [0.1, 0.15) is 18.1 Å². The van der Waals surface area contributed by atoms with E-state index in [1.54, 1.807) is 0 Å². The van der Waals surface area contributed by atoms with E-state index in [9.17, 15) is 13.9 Å². The van der Waals surface area contributed by atoms with E-state index >= 15 is 0 Å². The van der Waals surface area contributed by atoms with Crippen molar-refractivity contribution in [2.75, 3.05) is 18.3 Å². The van der Waals surface area contributed by atoms with Crippen LogP contribution in [-0.2, 0) is 0 Å². The smallest absolute Gasteiger partial charge is 0.131 e. The molecular weight excluding hydrogens is 218 g/mol. The predicted molar refractivity (Wildman–Crippen MR) is 61.6 cm³/mol. The summed E-state index contributed by atoms with van der Waals surface area (Å²) in [5.41, 5.74) is -0.200. The Kier molecular flexibility index (Phi) is 4.54. The number of benzene rings is 1. The van der Waals surface area contributed by atoms with Crippen molar-refractivity contribution in [2.24, 2.45) is 0 Å². The topological polar surface area (TPSA) is 20.2 Å². The molecule has 4 heteroatoms. The first kappa shape index (κ1) is 12.5. The Bertz CT molecular complexity index is 308. The fraction of sp³-hybridized carbons (Fsp3) is 0.455. The van der Waals surface area contributed by atoms with Gasteiger partial charge in [-0.2, -0.15) is 0 Å². The first-order valence-electron chi connectivity index (χ1n) is 4.79. The lowest BCUT2D eigenvalue weighted by Crippen LogP contribution is -2.06. The molecule has 1 N–H and O–H groups in total. The highest BCUT2D eigenvalue weighted by atomic mass is 32.2. The van der Waals surface area contributed by atoms with E-state index < -0.39 is 17.7 Å². The van der Waals surface area contributed by atoms with Gasteiger partial charge in [-0.3, -0.25) is 10.9 Å². The summed E-state index contributed by atoms with van der Waals surface area (Å²) in [6.45, 7) is 0. The van der Waals surface area contributed by atoms with Gasteiger partial charge < -0.3 is 5.11 Å². The Hall–Kier alpha value is -0.610. The Morgan fingerprint density at radius 1 is 1.27 bits per heavy atom. The highest BCUT2D eigenvalue weighted by Gasteiger charge is 2.17. The summed E-state index contributed by atoms with van der Waals surface area (Å²) in [4.78, 5) is 0. The number of rotatable bonds is 4. The van der Waals surface area contributed by atoms with E-state index in [1.165, 1.54) is 18.2 Å². The van der Waals surface area contributed by atoms with Crippen molar-refractivity contribution in [1.82, 2.24) is 0 Å². The van der Waals surface area contributed by atoms with E-state index in [0.29, 0.717) is 6.42 Å². The van der Waals surface area contributed by atoms with Crippen LogP contribution >= 0.6 is 10.9 Å². The van der Waals surface area contributed by atoms with Gasteiger partial charge >= 0.3 is 0 Å². The molecule has 86 valence electrons. The first-order chi connectivity index (χ1) is 7.02. The van der Waals surface area contributed by atoms with Crippen LogP contribution in [0.2, 0.25) is 0 Å². The van der Waals surface area contributed by atoms with Gasteiger partial charge in [-0.05, 0) is 36.8 Å². The monoisotopic (exact) mass is 234 g/mol. The van der Waals surface area contributed by atoms with Crippen molar-refractivity contribution in [1.29, 1.82) is 0 Å². The molecule has 0 radical (unpaired) electrons. The maximum atomic E-state index is 13.2. The Morgan fingerprint density at radius 3 is 2.27 bits per heavy atom. The van der Waals surface area contributed by atoms with E-state index in [2.05, 4.69) is 12.5 Å². The third-order valence-electron chi connectivity index (χ3n) is 2.18. The molecule has 0 aliphatic heterocycles. The number of hydrogen-bond acceptors (Lipinski definition) is 1. The van der Waals surface area contributed by atoms with Crippen LogP contribution in [0.3, 0.4) is 0 Å². The predicted octanol–water partition coefficient (Wildman–Crippen LogP) is 2.65. The van der Waals surface area contributed by atoms with Crippen molar-refractivity contribution in [3.63, 3.8) is 0 Å². The first-order valence-corrected chi connectivity index (χ1v) is 7.21. The zero-order valence-corrected chi connectivity index (χ0v) is 9.77. The van der Waals surface area contributed by atoms with Gasteiger partial charge in [0.15, 0.2) is 0 Å². The largest absolute Gasteiger partial charge is 0.388 e. The van der Waals surface area contributed by atoms with Gasteiger partial charge in [-0.1, -0.05) is 6.07 Å². The van der Waals surface area contributed by atoms with Gasteiger partial charge in [-0.15, -0.1) is 0 Å². The van der Waals surface area contributed by atoms with Gasteiger partial charge in [0.05, 0.1) is 11.7 Å². The van der Waals surface area contributed by atoms with Crippen LogP contribution in [0.25, 0.3) is 0 Å². The Labute approximate surface area is 91.5 Å². The SMILES string of the molecule is C[SH](C)CCC(O)c1c(F)cccc1F. The van der Waals surface area contributed by atoms with Crippen molar-refractivity contribution < 1.29 is 13.9 Å². The van der Waals surface area contributed by atoms with Crippen molar-refractivity contribution >= 4 is 10.9 Å². The van der Waals surface area contributed by atoms with E-state index in [1.807, 2.05) is 0 Å². The zero-order chi connectivity index (χ0) is 11.4.